The molecule has 0 bridgehead atoms. The van der Waals surface area contributed by atoms with Gasteiger partial charge in [0.15, 0.2) is 0 Å². The molecule has 0 aliphatic carbocycles. The summed E-state index contributed by atoms with van der Waals surface area (Å²) in [5.41, 5.74) is 5.19. The number of anilines is 1. The van der Waals surface area contributed by atoms with E-state index in [4.69, 9.17) is 0 Å². The maximum Gasteiger partial charge on any atom is 0.262 e. The number of aryl methyl sites for hydroxylation is 3. The zero-order valence-corrected chi connectivity index (χ0v) is 20.3. The second-order valence-electron chi connectivity index (χ2n) is 7.74. The predicted molar refractivity (Wildman–Crippen MR) is 127 cm³/mol. The molecule has 0 radical (unpaired) electrons. The summed E-state index contributed by atoms with van der Waals surface area (Å²) in [5.74, 6) is 0.565. The summed E-state index contributed by atoms with van der Waals surface area (Å²) in [4.78, 5) is 9.99. The average molecular weight is 468 g/mol. The Bertz CT molecular complexity index is 1410. The highest BCUT2D eigenvalue weighted by Gasteiger charge is 2.19. The van der Waals surface area contributed by atoms with Crippen LogP contribution in [0.25, 0.3) is 5.78 Å². The van der Waals surface area contributed by atoms with E-state index in [0.717, 1.165) is 44.3 Å². The number of hydrogen-bond donors (Lipinski definition) is 1. The number of nitrogens with one attached hydrogen (secondary N) is 1. The van der Waals surface area contributed by atoms with E-state index in [1.54, 1.807) is 34.5 Å². The van der Waals surface area contributed by atoms with Gasteiger partial charge in [0.05, 0.1) is 4.90 Å². The highest BCUT2D eigenvalue weighted by atomic mass is 32.2. The van der Waals surface area contributed by atoms with Gasteiger partial charge in [-0.15, -0.1) is 0 Å². The number of rotatable bonds is 6. The van der Waals surface area contributed by atoms with Crippen molar-refractivity contribution >= 4 is 33.3 Å². The van der Waals surface area contributed by atoms with E-state index < -0.39 is 10.0 Å². The molecule has 0 atom stereocenters. The topological polar surface area (TPSA) is 89.2 Å². The van der Waals surface area contributed by atoms with Gasteiger partial charge in [-0.3, -0.25) is 4.72 Å². The highest BCUT2D eigenvalue weighted by molar-refractivity contribution is 7.99. The standard InChI is InChI=1S/C23H25N5O2S2/c1-6-20-17(5)26-23-24-13-25-28(23)22(20)31-19-9-7-18(8-10-19)27-32(29,30)21-12-14(2)11-15(3)16(21)4/h7-13,27H,6H2,1-5H3. The predicted octanol–water partition coefficient (Wildman–Crippen LogP) is 4.87. The molecule has 0 fully saturated rings. The molecule has 0 saturated carbocycles. The Morgan fingerprint density at radius 1 is 1.06 bits per heavy atom. The Morgan fingerprint density at radius 2 is 1.78 bits per heavy atom. The zero-order chi connectivity index (χ0) is 23.0. The third-order valence-electron chi connectivity index (χ3n) is 5.41. The first-order valence-corrected chi connectivity index (χ1v) is 12.6. The van der Waals surface area contributed by atoms with Crippen molar-refractivity contribution in [1.82, 2.24) is 19.6 Å². The van der Waals surface area contributed by atoms with E-state index in [0.29, 0.717) is 16.4 Å². The van der Waals surface area contributed by atoms with Crippen LogP contribution in [0.15, 0.2) is 57.5 Å². The maximum atomic E-state index is 13.0. The first kappa shape index (κ1) is 22.3. The number of nitrogens with zero attached hydrogens (tertiary/aromatic N) is 4. The molecule has 0 spiro atoms. The molecule has 2 aromatic heterocycles. The Labute approximate surface area is 192 Å². The Kier molecular flexibility index (Phi) is 5.96. The lowest BCUT2D eigenvalue weighted by atomic mass is 10.1. The fourth-order valence-corrected chi connectivity index (χ4v) is 6.25. The SMILES string of the molecule is CCc1c(C)nc2ncnn2c1Sc1ccc(NS(=O)(=O)c2cc(C)cc(C)c2C)cc1. The molecule has 1 N–H and O–H groups in total. The van der Waals surface area contributed by atoms with E-state index in [-0.39, 0.29) is 0 Å². The third kappa shape index (κ3) is 4.22. The first-order chi connectivity index (χ1) is 15.2. The van der Waals surface area contributed by atoms with Crippen LogP contribution in [0.5, 0.6) is 0 Å². The van der Waals surface area contributed by atoms with E-state index in [1.807, 2.05) is 45.9 Å². The van der Waals surface area contributed by atoms with Gasteiger partial charge < -0.3 is 0 Å². The Hall–Kier alpha value is -2.91. The van der Waals surface area contributed by atoms with Crippen molar-refractivity contribution in [3.8, 4) is 0 Å². The second kappa shape index (κ2) is 8.55. The number of benzene rings is 2. The molecule has 0 aliphatic heterocycles. The van der Waals surface area contributed by atoms with Crippen LogP contribution >= 0.6 is 11.8 Å². The van der Waals surface area contributed by atoms with E-state index in [1.165, 1.54) is 6.33 Å². The first-order valence-electron chi connectivity index (χ1n) is 10.3. The van der Waals surface area contributed by atoms with Crippen molar-refractivity contribution in [3.63, 3.8) is 0 Å². The number of hydrogen-bond acceptors (Lipinski definition) is 6. The van der Waals surface area contributed by atoms with Crippen LogP contribution in [0.1, 0.15) is 34.9 Å². The third-order valence-corrected chi connectivity index (χ3v) is 8.04. The molecular formula is C23H25N5O2S2. The normalized spacial score (nSPS) is 11.8. The van der Waals surface area contributed by atoms with Gasteiger partial charge in [0.2, 0.25) is 0 Å². The quantitative estimate of drug-likeness (QED) is 0.407. The molecule has 2 heterocycles. The van der Waals surface area contributed by atoms with Crippen LogP contribution in [0.2, 0.25) is 0 Å². The Morgan fingerprint density at radius 3 is 2.47 bits per heavy atom. The zero-order valence-electron chi connectivity index (χ0n) is 18.7. The fraction of sp³-hybridized carbons (Fsp3) is 0.261. The van der Waals surface area contributed by atoms with Gasteiger partial charge in [0, 0.05) is 21.8 Å². The van der Waals surface area contributed by atoms with Gasteiger partial charge in [0.25, 0.3) is 15.8 Å². The molecule has 0 aliphatic rings. The maximum absolute atomic E-state index is 13.0. The summed E-state index contributed by atoms with van der Waals surface area (Å²) in [6.07, 6.45) is 2.32. The van der Waals surface area contributed by atoms with Crippen LogP contribution < -0.4 is 4.72 Å². The minimum atomic E-state index is -3.69. The van der Waals surface area contributed by atoms with Crippen molar-refractivity contribution in [3.05, 3.63) is 70.7 Å². The summed E-state index contributed by atoms with van der Waals surface area (Å²) >= 11 is 1.56. The smallest absolute Gasteiger partial charge is 0.262 e. The minimum absolute atomic E-state index is 0.307. The molecule has 32 heavy (non-hydrogen) atoms. The Balaban J connectivity index is 1.61. The van der Waals surface area contributed by atoms with E-state index in [9.17, 15) is 8.42 Å². The van der Waals surface area contributed by atoms with Crippen molar-refractivity contribution in [1.29, 1.82) is 0 Å². The van der Waals surface area contributed by atoms with Gasteiger partial charge in [-0.1, -0.05) is 24.8 Å². The van der Waals surface area contributed by atoms with Crippen molar-refractivity contribution < 1.29 is 8.42 Å². The molecule has 2 aromatic carbocycles. The summed E-state index contributed by atoms with van der Waals surface area (Å²) in [5, 5.41) is 5.28. The summed E-state index contributed by atoms with van der Waals surface area (Å²) < 4.78 is 30.4. The second-order valence-corrected chi connectivity index (χ2v) is 10.5. The van der Waals surface area contributed by atoms with Gasteiger partial charge in [0.1, 0.15) is 11.4 Å². The van der Waals surface area contributed by atoms with Crippen LogP contribution in [0.4, 0.5) is 5.69 Å². The van der Waals surface area contributed by atoms with Crippen molar-refractivity contribution in [2.75, 3.05) is 4.72 Å². The minimum Gasteiger partial charge on any atom is -0.280 e. The molecule has 0 unspecified atom stereocenters. The summed E-state index contributed by atoms with van der Waals surface area (Å²) in [6.45, 7) is 9.71. The van der Waals surface area contributed by atoms with Gasteiger partial charge in [-0.05, 0) is 81.1 Å². The molecule has 4 aromatic rings. The van der Waals surface area contributed by atoms with Gasteiger partial charge >= 0.3 is 0 Å². The number of aromatic nitrogens is 4. The van der Waals surface area contributed by atoms with Gasteiger partial charge in [-0.2, -0.15) is 14.6 Å². The largest absolute Gasteiger partial charge is 0.280 e. The molecule has 4 rings (SSSR count). The molecule has 7 nitrogen and oxygen atoms in total. The van der Waals surface area contributed by atoms with Crippen LogP contribution in [0, 0.1) is 27.7 Å². The van der Waals surface area contributed by atoms with E-state index >= 15 is 0 Å². The molecule has 9 heteroatoms. The van der Waals surface area contributed by atoms with Crippen LogP contribution in [0.3, 0.4) is 0 Å². The van der Waals surface area contributed by atoms with Crippen LogP contribution in [-0.2, 0) is 16.4 Å². The molecule has 0 amide bonds. The molecular weight excluding hydrogens is 442 g/mol. The lowest BCUT2D eigenvalue weighted by Crippen LogP contribution is -2.15. The highest BCUT2D eigenvalue weighted by Crippen LogP contribution is 2.33. The molecule has 166 valence electrons. The van der Waals surface area contributed by atoms with Crippen LogP contribution in [-0.4, -0.2) is 28.0 Å². The summed E-state index contributed by atoms with van der Waals surface area (Å²) in [6, 6.07) is 11.0. The fourth-order valence-electron chi connectivity index (χ4n) is 3.66. The lowest BCUT2D eigenvalue weighted by Gasteiger charge is -2.14. The average Bonchev–Trinajstić information content (AvgIpc) is 3.20. The number of sulfonamides is 1. The van der Waals surface area contributed by atoms with Crippen molar-refractivity contribution in [2.45, 2.75) is 55.9 Å². The molecule has 0 saturated heterocycles. The van der Waals surface area contributed by atoms with Gasteiger partial charge in [-0.25, -0.2) is 13.4 Å². The summed E-state index contributed by atoms with van der Waals surface area (Å²) in [7, 11) is -3.69. The van der Waals surface area contributed by atoms with E-state index in [2.05, 4.69) is 26.7 Å². The van der Waals surface area contributed by atoms with Crippen molar-refractivity contribution in [2.24, 2.45) is 0 Å². The monoisotopic (exact) mass is 467 g/mol. The lowest BCUT2D eigenvalue weighted by molar-refractivity contribution is 0.600. The number of fused-ring (bicyclic) bond motifs is 1.